The number of nitrogens with one attached hydrogen (secondary N) is 1. The van der Waals surface area contributed by atoms with Gasteiger partial charge in [-0.1, -0.05) is 36.4 Å². The first kappa shape index (κ1) is 19.4. The van der Waals surface area contributed by atoms with Gasteiger partial charge >= 0.3 is 0 Å². The summed E-state index contributed by atoms with van der Waals surface area (Å²) in [7, 11) is 0. The molecule has 0 radical (unpaired) electrons. The van der Waals surface area contributed by atoms with Crippen LogP contribution in [-0.2, 0) is 11.3 Å². The molecule has 4 aromatic rings. The second-order valence-electron chi connectivity index (χ2n) is 6.85. The van der Waals surface area contributed by atoms with Gasteiger partial charge in [0, 0.05) is 36.3 Å². The van der Waals surface area contributed by atoms with Crippen LogP contribution in [0.2, 0.25) is 0 Å². The lowest BCUT2D eigenvalue weighted by molar-refractivity contribution is -0.123. The van der Waals surface area contributed by atoms with E-state index in [0.29, 0.717) is 12.3 Å². The van der Waals surface area contributed by atoms with Gasteiger partial charge in [-0.3, -0.25) is 9.78 Å². The molecule has 150 valence electrons. The molecule has 0 atom stereocenters. The molecular formula is C24H22N4O2. The number of amides is 1. The average Bonchev–Trinajstić information content (AvgIpc) is 3.23. The normalized spacial score (nSPS) is 10.6. The summed E-state index contributed by atoms with van der Waals surface area (Å²) in [6.07, 6.45) is 5.40. The van der Waals surface area contributed by atoms with Crippen molar-refractivity contribution in [2.75, 3.05) is 6.61 Å². The van der Waals surface area contributed by atoms with Crippen molar-refractivity contribution < 1.29 is 9.53 Å². The molecule has 2 aromatic heterocycles. The maximum absolute atomic E-state index is 12.4. The van der Waals surface area contributed by atoms with Crippen LogP contribution in [0.3, 0.4) is 0 Å². The molecule has 0 fully saturated rings. The Bertz CT molecular complexity index is 1120. The van der Waals surface area contributed by atoms with E-state index in [1.807, 2.05) is 84.5 Å². The average molecular weight is 398 g/mol. The minimum Gasteiger partial charge on any atom is -0.484 e. The number of carbonyl (C=O) groups excluding carboxylic acids is 1. The lowest BCUT2D eigenvalue weighted by Gasteiger charge is -2.09. The number of hydrogen-bond acceptors (Lipinski definition) is 4. The first-order valence-corrected chi connectivity index (χ1v) is 9.70. The van der Waals surface area contributed by atoms with Crippen LogP contribution in [0.15, 0.2) is 85.3 Å². The van der Waals surface area contributed by atoms with Crippen molar-refractivity contribution in [1.82, 2.24) is 20.1 Å². The van der Waals surface area contributed by atoms with E-state index < -0.39 is 0 Å². The second-order valence-corrected chi connectivity index (χ2v) is 6.85. The molecule has 2 aromatic carbocycles. The Balaban J connectivity index is 1.49. The number of benzene rings is 2. The summed E-state index contributed by atoms with van der Waals surface area (Å²) in [5.74, 6) is 0.522. The summed E-state index contributed by atoms with van der Waals surface area (Å²) >= 11 is 0. The summed E-state index contributed by atoms with van der Waals surface area (Å²) in [5.41, 5.74) is 4.61. The summed E-state index contributed by atoms with van der Waals surface area (Å²) in [4.78, 5) is 16.4. The maximum atomic E-state index is 12.4. The van der Waals surface area contributed by atoms with Gasteiger partial charge in [0.15, 0.2) is 6.61 Å². The van der Waals surface area contributed by atoms with Gasteiger partial charge < -0.3 is 10.1 Å². The minimum absolute atomic E-state index is 0.0394. The van der Waals surface area contributed by atoms with Crippen LogP contribution in [0.25, 0.3) is 16.9 Å². The number of aromatic nitrogens is 3. The first-order valence-electron chi connectivity index (χ1n) is 9.70. The number of pyridine rings is 1. The van der Waals surface area contributed by atoms with E-state index in [0.717, 1.165) is 28.1 Å². The molecule has 4 rings (SSSR count). The lowest BCUT2D eigenvalue weighted by atomic mass is 10.1. The van der Waals surface area contributed by atoms with E-state index in [1.54, 1.807) is 12.4 Å². The molecule has 0 saturated heterocycles. The Kier molecular flexibility index (Phi) is 5.85. The predicted molar refractivity (Wildman–Crippen MR) is 115 cm³/mol. The molecule has 0 spiro atoms. The number of hydrogen-bond donors (Lipinski definition) is 1. The third kappa shape index (κ3) is 4.55. The molecule has 0 aliphatic rings. The molecule has 30 heavy (non-hydrogen) atoms. The van der Waals surface area contributed by atoms with Gasteiger partial charge in [0.2, 0.25) is 0 Å². The van der Waals surface area contributed by atoms with Crippen LogP contribution >= 0.6 is 0 Å². The quantitative estimate of drug-likeness (QED) is 0.512. The van der Waals surface area contributed by atoms with Crippen molar-refractivity contribution in [3.05, 3.63) is 96.4 Å². The van der Waals surface area contributed by atoms with E-state index in [2.05, 4.69) is 10.3 Å². The van der Waals surface area contributed by atoms with Crippen molar-refractivity contribution in [3.63, 3.8) is 0 Å². The molecule has 0 aliphatic carbocycles. The Morgan fingerprint density at radius 2 is 1.73 bits per heavy atom. The zero-order valence-corrected chi connectivity index (χ0v) is 16.7. The third-order valence-electron chi connectivity index (χ3n) is 4.69. The van der Waals surface area contributed by atoms with Crippen molar-refractivity contribution in [2.45, 2.75) is 13.5 Å². The van der Waals surface area contributed by atoms with E-state index in [9.17, 15) is 4.79 Å². The van der Waals surface area contributed by atoms with Crippen LogP contribution < -0.4 is 10.1 Å². The molecule has 6 nitrogen and oxygen atoms in total. The van der Waals surface area contributed by atoms with Gasteiger partial charge in [-0.2, -0.15) is 5.10 Å². The van der Waals surface area contributed by atoms with Gasteiger partial charge in [0.1, 0.15) is 5.75 Å². The van der Waals surface area contributed by atoms with Crippen LogP contribution in [0.1, 0.15) is 11.1 Å². The standard InChI is InChI=1S/C24H22N4O2/c1-18-7-5-6-10-22(18)30-17-23(29)26-15-20-16-28(21-8-3-2-4-9-21)27-24(20)19-11-13-25-14-12-19/h2-14,16H,15,17H2,1H3,(H,26,29). The number of carbonyl (C=O) groups is 1. The predicted octanol–water partition coefficient (Wildman–Crippen LogP) is 3.94. The van der Waals surface area contributed by atoms with Crippen molar-refractivity contribution in [3.8, 4) is 22.7 Å². The smallest absolute Gasteiger partial charge is 0.258 e. The highest BCUT2D eigenvalue weighted by Crippen LogP contribution is 2.23. The van der Waals surface area contributed by atoms with Crippen LogP contribution in [0.4, 0.5) is 0 Å². The van der Waals surface area contributed by atoms with E-state index in [-0.39, 0.29) is 12.5 Å². The number of para-hydroxylation sites is 2. The van der Waals surface area contributed by atoms with Crippen LogP contribution in [-0.4, -0.2) is 27.3 Å². The molecule has 1 amide bonds. The minimum atomic E-state index is -0.189. The zero-order valence-electron chi connectivity index (χ0n) is 16.7. The highest BCUT2D eigenvalue weighted by molar-refractivity contribution is 5.78. The second kappa shape index (κ2) is 9.05. The van der Waals surface area contributed by atoms with Crippen molar-refractivity contribution in [2.24, 2.45) is 0 Å². The Morgan fingerprint density at radius 3 is 2.50 bits per heavy atom. The van der Waals surface area contributed by atoms with Gasteiger partial charge in [-0.05, 0) is 42.8 Å². The summed E-state index contributed by atoms with van der Waals surface area (Å²) in [6.45, 7) is 2.26. The number of ether oxygens (including phenoxy) is 1. The summed E-state index contributed by atoms with van der Waals surface area (Å²) in [5, 5.41) is 7.67. The molecule has 0 bridgehead atoms. The SMILES string of the molecule is Cc1ccccc1OCC(=O)NCc1cn(-c2ccccc2)nc1-c1ccncc1. The number of nitrogens with zero attached hydrogens (tertiary/aromatic N) is 3. The molecular weight excluding hydrogens is 376 g/mol. The number of aryl methyl sites for hydroxylation is 1. The van der Waals surface area contributed by atoms with E-state index in [4.69, 9.17) is 9.84 Å². The lowest BCUT2D eigenvalue weighted by Crippen LogP contribution is -2.28. The van der Waals surface area contributed by atoms with E-state index >= 15 is 0 Å². The largest absolute Gasteiger partial charge is 0.484 e. The van der Waals surface area contributed by atoms with Crippen molar-refractivity contribution >= 4 is 5.91 Å². The zero-order chi connectivity index (χ0) is 20.8. The molecule has 0 unspecified atom stereocenters. The van der Waals surface area contributed by atoms with Crippen molar-refractivity contribution in [1.29, 1.82) is 0 Å². The highest BCUT2D eigenvalue weighted by Gasteiger charge is 2.14. The third-order valence-corrected chi connectivity index (χ3v) is 4.69. The van der Waals surface area contributed by atoms with Gasteiger partial charge in [-0.15, -0.1) is 0 Å². The fraction of sp³-hybridized carbons (Fsp3) is 0.125. The van der Waals surface area contributed by atoms with E-state index in [1.165, 1.54) is 0 Å². The molecule has 0 aliphatic heterocycles. The Hall–Kier alpha value is -3.93. The van der Waals surface area contributed by atoms with Gasteiger partial charge in [-0.25, -0.2) is 4.68 Å². The topological polar surface area (TPSA) is 69.0 Å². The summed E-state index contributed by atoms with van der Waals surface area (Å²) < 4.78 is 7.46. The molecule has 6 heteroatoms. The molecule has 0 saturated carbocycles. The van der Waals surface area contributed by atoms with Crippen LogP contribution in [0, 0.1) is 6.92 Å². The highest BCUT2D eigenvalue weighted by atomic mass is 16.5. The van der Waals surface area contributed by atoms with Crippen LogP contribution in [0.5, 0.6) is 5.75 Å². The Labute approximate surface area is 175 Å². The fourth-order valence-electron chi connectivity index (χ4n) is 3.11. The first-order chi connectivity index (χ1) is 14.7. The monoisotopic (exact) mass is 398 g/mol. The molecule has 2 heterocycles. The van der Waals surface area contributed by atoms with Gasteiger partial charge in [0.25, 0.3) is 5.91 Å². The van der Waals surface area contributed by atoms with Gasteiger partial charge in [0.05, 0.1) is 11.4 Å². The number of rotatable bonds is 7. The Morgan fingerprint density at radius 1 is 1.00 bits per heavy atom. The summed E-state index contributed by atoms with van der Waals surface area (Å²) in [6, 6.07) is 21.3. The fourth-order valence-corrected chi connectivity index (χ4v) is 3.11. The maximum Gasteiger partial charge on any atom is 0.258 e. The molecule has 1 N–H and O–H groups in total.